The third-order valence-electron chi connectivity index (χ3n) is 1.01. The van der Waals surface area contributed by atoms with Crippen LogP contribution in [0.1, 0.15) is 12.6 Å². The molecule has 1 aromatic rings. The summed E-state index contributed by atoms with van der Waals surface area (Å²) >= 11 is 0. The molecule has 4 heteroatoms. The largest absolute Gasteiger partial charge is 0.288 e. The first-order valence-electron chi connectivity index (χ1n) is 2.75. The first-order valence-corrected chi connectivity index (χ1v) is 2.75. The van der Waals surface area contributed by atoms with Gasteiger partial charge >= 0.3 is 0 Å². The van der Waals surface area contributed by atoms with Gasteiger partial charge in [-0.3, -0.25) is 9.97 Å². The molecule has 0 amide bonds. The Morgan fingerprint density at radius 2 is 2.10 bits per heavy atom. The molecule has 0 unspecified atom stereocenters. The van der Waals surface area contributed by atoms with Gasteiger partial charge in [0.25, 0.3) is 5.92 Å². The quantitative estimate of drug-likeness (QED) is 0.598. The van der Waals surface area contributed by atoms with E-state index < -0.39 is 5.92 Å². The van der Waals surface area contributed by atoms with Crippen molar-refractivity contribution >= 4 is 0 Å². The van der Waals surface area contributed by atoms with Crippen molar-refractivity contribution in [3.63, 3.8) is 0 Å². The second kappa shape index (κ2) is 2.28. The molecule has 10 heavy (non-hydrogen) atoms. The van der Waals surface area contributed by atoms with Crippen LogP contribution in [0.25, 0.3) is 0 Å². The Kier molecular flexibility index (Phi) is 1.61. The zero-order valence-electron chi connectivity index (χ0n) is 5.38. The Morgan fingerprint density at radius 3 is 2.40 bits per heavy atom. The van der Waals surface area contributed by atoms with Crippen molar-refractivity contribution in [1.82, 2.24) is 9.97 Å². The Bertz CT molecular complexity index is 205. The van der Waals surface area contributed by atoms with Gasteiger partial charge in [-0.05, 0) is 0 Å². The number of hydrogen-bond donors (Lipinski definition) is 0. The van der Waals surface area contributed by atoms with Gasteiger partial charge in [0.2, 0.25) is 0 Å². The van der Waals surface area contributed by atoms with Gasteiger partial charge in [-0.2, -0.15) is 8.78 Å². The number of halogens is 2. The van der Waals surface area contributed by atoms with E-state index in [1.54, 1.807) is 0 Å². The summed E-state index contributed by atoms with van der Waals surface area (Å²) < 4.78 is 24.7. The van der Waals surface area contributed by atoms with Crippen LogP contribution in [0, 0.1) is 0 Å². The monoisotopic (exact) mass is 144 g/mol. The van der Waals surface area contributed by atoms with E-state index in [1.165, 1.54) is 12.4 Å². The minimum Gasteiger partial charge on any atom is -0.261 e. The Hall–Kier alpha value is -1.06. The highest BCUT2D eigenvalue weighted by molar-refractivity contribution is 5.01. The van der Waals surface area contributed by atoms with E-state index in [4.69, 9.17) is 0 Å². The van der Waals surface area contributed by atoms with E-state index in [1.807, 2.05) is 0 Å². The van der Waals surface area contributed by atoms with Gasteiger partial charge in [0, 0.05) is 19.3 Å². The van der Waals surface area contributed by atoms with Crippen LogP contribution in [0.3, 0.4) is 0 Å². The molecule has 0 aliphatic heterocycles. The minimum absolute atomic E-state index is 0.296. The van der Waals surface area contributed by atoms with E-state index in [0.29, 0.717) is 0 Å². The van der Waals surface area contributed by atoms with Crippen LogP contribution in [0.15, 0.2) is 18.6 Å². The summed E-state index contributed by atoms with van der Waals surface area (Å²) in [7, 11) is 0. The molecule has 0 bridgehead atoms. The zero-order chi connectivity index (χ0) is 7.61. The Balaban J connectivity index is 2.97. The molecule has 0 saturated heterocycles. The molecular formula is C6H6F2N2. The van der Waals surface area contributed by atoms with Crippen LogP contribution in [0.5, 0.6) is 0 Å². The van der Waals surface area contributed by atoms with Gasteiger partial charge in [0.05, 0.1) is 6.20 Å². The number of hydrogen-bond acceptors (Lipinski definition) is 2. The lowest BCUT2D eigenvalue weighted by Crippen LogP contribution is -2.09. The maximum Gasteiger partial charge on any atom is 0.288 e. The molecule has 0 aromatic carbocycles. The summed E-state index contributed by atoms with van der Waals surface area (Å²) in [4.78, 5) is 6.95. The highest BCUT2D eigenvalue weighted by atomic mass is 19.3. The van der Waals surface area contributed by atoms with Crippen LogP contribution in [0.2, 0.25) is 0 Å². The van der Waals surface area contributed by atoms with Crippen molar-refractivity contribution in [3.8, 4) is 0 Å². The van der Waals surface area contributed by atoms with Crippen molar-refractivity contribution in [2.24, 2.45) is 0 Å². The lowest BCUT2D eigenvalue weighted by Gasteiger charge is -2.06. The van der Waals surface area contributed by atoms with Gasteiger partial charge in [-0.15, -0.1) is 0 Å². The molecular weight excluding hydrogens is 138 g/mol. The molecule has 1 rings (SSSR count). The standard InChI is InChI=1S/C6H6F2N2/c1-6(7,8)5-4-9-2-3-10-5/h2-4H,1H3. The van der Waals surface area contributed by atoms with Gasteiger partial charge in [0.1, 0.15) is 5.69 Å². The number of alkyl halides is 2. The van der Waals surface area contributed by atoms with Crippen molar-refractivity contribution in [1.29, 1.82) is 0 Å². The molecule has 0 radical (unpaired) electrons. The first-order chi connectivity index (χ1) is 4.61. The highest BCUT2D eigenvalue weighted by Gasteiger charge is 2.25. The maximum absolute atomic E-state index is 12.4. The topological polar surface area (TPSA) is 25.8 Å². The van der Waals surface area contributed by atoms with Crippen LogP contribution in [0.4, 0.5) is 8.78 Å². The average molecular weight is 144 g/mol. The number of nitrogens with zero attached hydrogens (tertiary/aromatic N) is 2. The first kappa shape index (κ1) is 7.05. The summed E-state index contributed by atoms with van der Waals surface area (Å²) in [6.07, 6.45) is 3.65. The summed E-state index contributed by atoms with van der Waals surface area (Å²) in [5.74, 6) is -2.88. The molecule has 54 valence electrons. The van der Waals surface area contributed by atoms with E-state index in [-0.39, 0.29) is 5.69 Å². The SMILES string of the molecule is CC(F)(F)c1cnccn1. The van der Waals surface area contributed by atoms with Gasteiger partial charge in [-0.1, -0.05) is 0 Å². The summed E-state index contributed by atoms with van der Waals surface area (Å²) in [6.45, 7) is 0.789. The van der Waals surface area contributed by atoms with Crippen molar-refractivity contribution in [3.05, 3.63) is 24.3 Å². The molecule has 0 atom stereocenters. The average Bonchev–Trinajstić information content (AvgIpc) is 1.88. The summed E-state index contributed by atoms with van der Waals surface area (Å²) in [5, 5.41) is 0. The van der Waals surface area contributed by atoms with Crippen molar-refractivity contribution < 1.29 is 8.78 Å². The molecule has 0 N–H and O–H groups in total. The zero-order valence-corrected chi connectivity index (χ0v) is 5.38. The molecule has 0 fully saturated rings. The molecule has 0 aliphatic rings. The Morgan fingerprint density at radius 1 is 1.40 bits per heavy atom. The second-order valence-electron chi connectivity index (χ2n) is 1.98. The highest BCUT2D eigenvalue weighted by Crippen LogP contribution is 2.23. The molecule has 0 saturated carbocycles. The van der Waals surface area contributed by atoms with Gasteiger partial charge < -0.3 is 0 Å². The van der Waals surface area contributed by atoms with E-state index in [0.717, 1.165) is 13.1 Å². The van der Waals surface area contributed by atoms with Crippen molar-refractivity contribution in [2.75, 3.05) is 0 Å². The molecule has 1 heterocycles. The maximum atomic E-state index is 12.4. The third-order valence-corrected chi connectivity index (χ3v) is 1.01. The Labute approximate surface area is 56.9 Å². The minimum atomic E-state index is -2.88. The van der Waals surface area contributed by atoms with Crippen molar-refractivity contribution in [2.45, 2.75) is 12.8 Å². The van der Waals surface area contributed by atoms with Gasteiger partial charge in [-0.25, -0.2) is 0 Å². The van der Waals surface area contributed by atoms with Gasteiger partial charge in [0.15, 0.2) is 0 Å². The predicted octanol–water partition coefficient (Wildman–Crippen LogP) is 1.59. The smallest absolute Gasteiger partial charge is 0.261 e. The molecule has 0 spiro atoms. The number of rotatable bonds is 1. The van der Waals surface area contributed by atoms with Crippen LogP contribution in [-0.2, 0) is 5.92 Å². The lowest BCUT2D eigenvalue weighted by atomic mass is 10.3. The number of aromatic nitrogens is 2. The predicted molar refractivity (Wildman–Crippen MR) is 31.6 cm³/mol. The summed E-state index contributed by atoms with van der Waals surface area (Å²) in [5.41, 5.74) is -0.296. The van der Waals surface area contributed by atoms with E-state index >= 15 is 0 Å². The molecule has 2 nitrogen and oxygen atoms in total. The van der Waals surface area contributed by atoms with Crippen LogP contribution in [-0.4, -0.2) is 9.97 Å². The third kappa shape index (κ3) is 1.46. The van der Waals surface area contributed by atoms with Crippen LogP contribution < -0.4 is 0 Å². The fourth-order valence-electron chi connectivity index (χ4n) is 0.526. The van der Waals surface area contributed by atoms with E-state index in [2.05, 4.69) is 9.97 Å². The van der Waals surface area contributed by atoms with E-state index in [9.17, 15) is 8.78 Å². The summed E-state index contributed by atoms with van der Waals surface area (Å²) in [6, 6.07) is 0. The fraction of sp³-hybridized carbons (Fsp3) is 0.333. The molecule has 1 aromatic heterocycles. The molecule has 0 aliphatic carbocycles. The normalized spacial score (nSPS) is 11.5. The second-order valence-corrected chi connectivity index (χ2v) is 1.98. The fourth-order valence-corrected chi connectivity index (χ4v) is 0.526. The van der Waals surface area contributed by atoms with Crippen LogP contribution >= 0.6 is 0 Å². The lowest BCUT2D eigenvalue weighted by molar-refractivity contribution is 0.0123.